The van der Waals surface area contributed by atoms with Crippen molar-refractivity contribution in [2.24, 2.45) is 0 Å². The van der Waals surface area contributed by atoms with Crippen molar-refractivity contribution in [2.45, 2.75) is 37.5 Å². The van der Waals surface area contributed by atoms with Gasteiger partial charge in [0.15, 0.2) is 0 Å². The van der Waals surface area contributed by atoms with Crippen molar-refractivity contribution in [1.82, 2.24) is 0 Å². The Kier molecular flexibility index (Phi) is 3.23. The Morgan fingerprint density at radius 3 is 2.61 bits per heavy atom. The molecule has 1 aliphatic carbocycles. The smallest absolute Gasteiger partial charge is 0.324 e. The molecule has 4 rings (SSSR count). The fraction of sp³-hybridized carbons (Fsp3) is 0.353. The third-order valence-corrected chi connectivity index (χ3v) is 6.07. The number of carbonyl (C=O) groups excluding carboxylic acids is 1. The average Bonchev–Trinajstić information content (AvgIpc) is 3.14. The van der Waals surface area contributed by atoms with E-state index >= 15 is 0 Å². The van der Waals surface area contributed by atoms with Crippen LogP contribution in [-0.2, 0) is 10.2 Å². The molecule has 2 aromatic rings. The molecular formula is C17H16N2O3S. The highest BCUT2D eigenvalue weighted by Crippen LogP contribution is 2.48. The van der Waals surface area contributed by atoms with Crippen molar-refractivity contribution in [3.8, 4) is 10.4 Å². The van der Waals surface area contributed by atoms with Gasteiger partial charge in [-0.15, -0.1) is 0 Å². The van der Waals surface area contributed by atoms with Gasteiger partial charge in [-0.3, -0.25) is 14.9 Å². The number of anilines is 1. The molecule has 0 unspecified atom stereocenters. The van der Waals surface area contributed by atoms with E-state index in [1.807, 2.05) is 18.2 Å². The lowest BCUT2D eigenvalue weighted by molar-refractivity contribution is -0.380. The van der Waals surface area contributed by atoms with Gasteiger partial charge in [-0.2, -0.15) is 0 Å². The van der Waals surface area contributed by atoms with E-state index in [1.165, 1.54) is 23.8 Å². The maximum absolute atomic E-state index is 12.6. The van der Waals surface area contributed by atoms with Gasteiger partial charge in [-0.25, -0.2) is 0 Å². The molecule has 1 N–H and O–H groups in total. The summed E-state index contributed by atoms with van der Waals surface area (Å²) in [6.07, 6.45) is 5.10. The number of thiophene rings is 1. The summed E-state index contributed by atoms with van der Waals surface area (Å²) >= 11 is 1.17. The first-order valence-corrected chi connectivity index (χ1v) is 8.62. The molecular weight excluding hydrogens is 312 g/mol. The first kappa shape index (κ1) is 14.4. The summed E-state index contributed by atoms with van der Waals surface area (Å²) in [4.78, 5) is 23.9. The number of hydrogen-bond acceptors (Lipinski definition) is 4. The molecule has 2 heterocycles. The molecule has 6 heteroatoms. The SMILES string of the molecule is O=C1Nc2ccc(-c3ccc([N+](=O)[O-])s3)cc2C12CCCCC2. The maximum atomic E-state index is 12.6. The van der Waals surface area contributed by atoms with Gasteiger partial charge in [-0.1, -0.05) is 36.7 Å². The van der Waals surface area contributed by atoms with Crippen LogP contribution in [0, 0.1) is 10.1 Å². The monoisotopic (exact) mass is 328 g/mol. The van der Waals surface area contributed by atoms with Crippen molar-refractivity contribution in [3.63, 3.8) is 0 Å². The number of nitrogens with one attached hydrogen (secondary N) is 1. The number of nitrogens with zero attached hydrogens (tertiary/aromatic N) is 1. The Balaban J connectivity index is 1.78. The second kappa shape index (κ2) is 5.16. The number of fused-ring (bicyclic) bond motifs is 2. The van der Waals surface area contributed by atoms with Gasteiger partial charge in [0.2, 0.25) is 5.91 Å². The van der Waals surface area contributed by atoms with E-state index in [1.54, 1.807) is 6.07 Å². The Bertz CT molecular complexity index is 806. The fourth-order valence-electron chi connectivity index (χ4n) is 3.80. The molecule has 118 valence electrons. The zero-order valence-electron chi connectivity index (χ0n) is 12.5. The Morgan fingerprint density at radius 1 is 1.13 bits per heavy atom. The van der Waals surface area contributed by atoms with Crippen molar-refractivity contribution >= 4 is 27.9 Å². The van der Waals surface area contributed by atoms with E-state index in [4.69, 9.17) is 0 Å². The van der Waals surface area contributed by atoms with Crippen LogP contribution in [0.15, 0.2) is 30.3 Å². The molecule has 1 fully saturated rings. The van der Waals surface area contributed by atoms with E-state index in [2.05, 4.69) is 5.32 Å². The molecule has 0 atom stereocenters. The van der Waals surface area contributed by atoms with Crippen molar-refractivity contribution in [3.05, 3.63) is 46.0 Å². The first-order chi connectivity index (χ1) is 11.1. The lowest BCUT2D eigenvalue weighted by Gasteiger charge is -2.31. The van der Waals surface area contributed by atoms with E-state index in [0.717, 1.165) is 47.4 Å². The van der Waals surface area contributed by atoms with Crippen LogP contribution in [0.2, 0.25) is 0 Å². The van der Waals surface area contributed by atoms with Crippen LogP contribution in [0.25, 0.3) is 10.4 Å². The van der Waals surface area contributed by atoms with Crippen molar-refractivity contribution < 1.29 is 9.72 Å². The number of hydrogen-bond donors (Lipinski definition) is 1. The predicted molar refractivity (Wildman–Crippen MR) is 89.8 cm³/mol. The predicted octanol–water partition coefficient (Wildman–Crippen LogP) is 4.48. The fourth-order valence-corrected chi connectivity index (χ4v) is 4.62. The molecule has 23 heavy (non-hydrogen) atoms. The van der Waals surface area contributed by atoms with Gasteiger partial charge >= 0.3 is 5.00 Å². The highest BCUT2D eigenvalue weighted by atomic mass is 32.1. The van der Waals surface area contributed by atoms with E-state index < -0.39 is 5.41 Å². The molecule has 1 amide bonds. The lowest BCUT2D eigenvalue weighted by Crippen LogP contribution is -2.36. The summed E-state index contributed by atoms with van der Waals surface area (Å²) < 4.78 is 0. The summed E-state index contributed by atoms with van der Waals surface area (Å²) in [5, 5.41) is 14.0. The van der Waals surface area contributed by atoms with Gasteiger partial charge in [0.05, 0.1) is 10.3 Å². The minimum atomic E-state index is -0.396. The zero-order chi connectivity index (χ0) is 16.0. The topological polar surface area (TPSA) is 72.2 Å². The van der Waals surface area contributed by atoms with E-state index in [9.17, 15) is 14.9 Å². The molecule has 2 aliphatic rings. The standard InChI is InChI=1S/C17H16N2O3S/c20-16-17(8-2-1-3-9-17)12-10-11(4-5-13(12)18-16)14-6-7-15(23-14)19(21)22/h4-7,10H,1-3,8-9H2,(H,18,20). The average molecular weight is 328 g/mol. The highest BCUT2D eigenvalue weighted by Gasteiger charge is 2.47. The number of carbonyl (C=O) groups is 1. The van der Waals surface area contributed by atoms with Crippen LogP contribution in [0.1, 0.15) is 37.7 Å². The number of rotatable bonds is 2. The molecule has 1 aromatic heterocycles. The minimum absolute atomic E-state index is 0.113. The van der Waals surface area contributed by atoms with Gasteiger partial charge in [-0.05, 0) is 42.2 Å². The van der Waals surface area contributed by atoms with Crippen LogP contribution in [0.5, 0.6) is 0 Å². The zero-order valence-corrected chi connectivity index (χ0v) is 13.3. The largest absolute Gasteiger partial charge is 0.325 e. The highest BCUT2D eigenvalue weighted by molar-refractivity contribution is 7.18. The third kappa shape index (κ3) is 2.16. The summed E-state index contributed by atoms with van der Waals surface area (Å²) in [6, 6.07) is 9.22. The van der Waals surface area contributed by atoms with Crippen molar-refractivity contribution in [2.75, 3.05) is 5.32 Å². The number of benzene rings is 1. The molecule has 0 saturated heterocycles. The summed E-state index contributed by atoms with van der Waals surface area (Å²) in [5.41, 5.74) is 2.51. The quantitative estimate of drug-likeness (QED) is 0.652. The minimum Gasteiger partial charge on any atom is -0.325 e. The van der Waals surface area contributed by atoms with Gasteiger partial charge < -0.3 is 5.32 Å². The Hall–Kier alpha value is -2.21. The van der Waals surface area contributed by atoms with E-state index in [0.29, 0.717) is 0 Å². The summed E-state index contributed by atoms with van der Waals surface area (Å²) in [7, 11) is 0. The van der Waals surface area contributed by atoms with Gasteiger partial charge in [0.1, 0.15) is 0 Å². The van der Waals surface area contributed by atoms with Crippen molar-refractivity contribution in [1.29, 1.82) is 0 Å². The van der Waals surface area contributed by atoms with Crippen LogP contribution >= 0.6 is 11.3 Å². The second-order valence-corrected chi connectivity index (χ2v) is 7.31. The summed E-state index contributed by atoms with van der Waals surface area (Å²) in [6.45, 7) is 0. The number of nitro groups is 1. The van der Waals surface area contributed by atoms with Gasteiger partial charge in [0, 0.05) is 16.6 Å². The first-order valence-electron chi connectivity index (χ1n) is 7.81. The Labute approximate surface area is 137 Å². The van der Waals surface area contributed by atoms with Crippen LogP contribution in [-0.4, -0.2) is 10.8 Å². The lowest BCUT2D eigenvalue weighted by atomic mass is 9.70. The van der Waals surface area contributed by atoms with E-state index in [-0.39, 0.29) is 15.8 Å². The molecule has 1 aromatic carbocycles. The van der Waals surface area contributed by atoms with Crippen LogP contribution in [0.3, 0.4) is 0 Å². The Morgan fingerprint density at radius 2 is 1.91 bits per heavy atom. The third-order valence-electron chi connectivity index (χ3n) is 4.98. The number of amides is 1. The van der Waals surface area contributed by atoms with Crippen LogP contribution in [0.4, 0.5) is 10.7 Å². The van der Waals surface area contributed by atoms with Gasteiger partial charge in [0.25, 0.3) is 0 Å². The molecule has 1 spiro atoms. The molecule has 0 radical (unpaired) electrons. The maximum Gasteiger partial charge on any atom is 0.324 e. The summed E-state index contributed by atoms with van der Waals surface area (Å²) in [5.74, 6) is 0.113. The second-order valence-electron chi connectivity index (χ2n) is 6.25. The van der Waals surface area contributed by atoms with Crippen LogP contribution < -0.4 is 5.32 Å². The molecule has 1 aliphatic heterocycles. The molecule has 5 nitrogen and oxygen atoms in total. The molecule has 0 bridgehead atoms. The molecule has 1 saturated carbocycles. The normalized spacial score (nSPS) is 18.7.